The van der Waals surface area contributed by atoms with Gasteiger partial charge in [0.2, 0.25) is 0 Å². The highest BCUT2D eigenvalue weighted by Gasteiger charge is 2.35. The number of hydrogen-bond donors (Lipinski definition) is 2. The number of methoxy groups -OCH3 is 2. The summed E-state index contributed by atoms with van der Waals surface area (Å²) in [7, 11) is 3.24. The average Bonchev–Trinajstić information content (AvgIpc) is 2.78. The van der Waals surface area contributed by atoms with E-state index in [0.717, 1.165) is 30.5 Å². The van der Waals surface area contributed by atoms with E-state index in [1.165, 1.54) is 6.07 Å². The first-order valence-electron chi connectivity index (χ1n) is 10.8. The smallest absolute Gasteiger partial charge is 0.315 e. The van der Waals surface area contributed by atoms with Gasteiger partial charge in [-0.05, 0) is 49.1 Å². The number of carbonyl (C=O) groups is 1. The number of ether oxygens (including phenoxy) is 2. The SMILES string of the molecule is CCNC(=O)N[C@H](CC)[C@@H]1c2cc(OC)c(OC)cc2CCN1Cc1ccccc1F. The van der Waals surface area contributed by atoms with E-state index in [9.17, 15) is 9.18 Å². The predicted octanol–water partition coefficient (Wildman–Crippen LogP) is 4.04. The molecule has 6 nitrogen and oxygen atoms in total. The zero-order valence-corrected chi connectivity index (χ0v) is 18.7. The third kappa shape index (κ3) is 5.10. The predicted molar refractivity (Wildman–Crippen MR) is 119 cm³/mol. The van der Waals surface area contributed by atoms with Crippen LogP contribution in [0.4, 0.5) is 9.18 Å². The molecule has 1 heterocycles. The summed E-state index contributed by atoms with van der Waals surface area (Å²) in [5.41, 5.74) is 2.87. The van der Waals surface area contributed by atoms with E-state index in [1.54, 1.807) is 20.3 Å². The first-order valence-corrected chi connectivity index (χ1v) is 10.8. The highest BCUT2D eigenvalue weighted by atomic mass is 19.1. The number of benzene rings is 2. The molecule has 1 aliphatic rings. The molecule has 0 aliphatic carbocycles. The minimum Gasteiger partial charge on any atom is -0.493 e. The van der Waals surface area contributed by atoms with Crippen molar-refractivity contribution in [1.29, 1.82) is 0 Å². The van der Waals surface area contributed by atoms with Crippen LogP contribution in [-0.2, 0) is 13.0 Å². The number of urea groups is 1. The van der Waals surface area contributed by atoms with Gasteiger partial charge in [-0.3, -0.25) is 4.90 Å². The Morgan fingerprint density at radius 2 is 1.90 bits per heavy atom. The van der Waals surface area contributed by atoms with E-state index in [0.29, 0.717) is 30.2 Å². The third-order valence-corrected chi connectivity index (χ3v) is 5.83. The molecule has 0 saturated heterocycles. The first-order chi connectivity index (χ1) is 15.0. The standard InChI is InChI=1S/C24H32FN3O3/c1-5-20(27-24(29)26-6-2)23-18-14-22(31-4)21(30-3)13-16(18)11-12-28(23)15-17-9-7-8-10-19(17)25/h7-10,13-14,20,23H,5-6,11-12,15H2,1-4H3,(H2,26,27,29)/t20-,23+/m1/s1. The molecule has 31 heavy (non-hydrogen) atoms. The lowest BCUT2D eigenvalue weighted by atomic mass is 9.86. The van der Waals surface area contributed by atoms with Crippen molar-refractivity contribution in [1.82, 2.24) is 15.5 Å². The summed E-state index contributed by atoms with van der Waals surface area (Å²) >= 11 is 0. The van der Waals surface area contributed by atoms with E-state index in [-0.39, 0.29) is 23.9 Å². The highest BCUT2D eigenvalue weighted by molar-refractivity contribution is 5.74. The number of rotatable bonds is 8. The lowest BCUT2D eigenvalue weighted by molar-refractivity contribution is 0.134. The molecule has 0 saturated carbocycles. The molecular formula is C24H32FN3O3. The van der Waals surface area contributed by atoms with Gasteiger partial charge in [0.05, 0.1) is 26.3 Å². The second kappa shape index (κ2) is 10.5. The molecule has 2 N–H and O–H groups in total. The van der Waals surface area contributed by atoms with Crippen molar-refractivity contribution in [2.45, 2.75) is 45.3 Å². The fraction of sp³-hybridized carbons (Fsp3) is 0.458. The minimum atomic E-state index is -0.218. The molecule has 0 spiro atoms. The second-order valence-electron chi connectivity index (χ2n) is 7.68. The average molecular weight is 430 g/mol. The van der Waals surface area contributed by atoms with Crippen LogP contribution in [0.2, 0.25) is 0 Å². The number of fused-ring (bicyclic) bond motifs is 1. The molecule has 2 aromatic carbocycles. The summed E-state index contributed by atoms with van der Waals surface area (Å²) in [6, 6.07) is 10.4. The second-order valence-corrected chi connectivity index (χ2v) is 7.68. The normalized spacial score (nSPS) is 16.9. The van der Waals surface area contributed by atoms with E-state index < -0.39 is 0 Å². The van der Waals surface area contributed by atoms with Crippen molar-refractivity contribution < 1.29 is 18.7 Å². The molecule has 0 fully saturated rings. The van der Waals surface area contributed by atoms with Crippen LogP contribution in [0.15, 0.2) is 36.4 Å². The maximum Gasteiger partial charge on any atom is 0.315 e. The summed E-state index contributed by atoms with van der Waals surface area (Å²) in [5.74, 6) is 1.11. The van der Waals surface area contributed by atoms with Gasteiger partial charge >= 0.3 is 6.03 Å². The lowest BCUT2D eigenvalue weighted by Crippen LogP contribution is -2.51. The van der Waals surface area contributed by atoms with Gasteiger partial charge in [0, 0.05) is 25.2 Å². The van der Waals surface area contributed by atoms with Gasteiger partial charge in [0.25, 0.3) is 0 Å². The van der Waals surface area contributed by atoms with Gasteiger partial charge in [0.15, 0.2) is 11.5 Å². The van der Waals surface area contributed by atoms with Gasteiger partial charge in [-0.2, -0.15) is 0 Å². The quantitative estimate of drug-likeness (QED) is 0.665. The van der Waals surface area contributed by atoms with Gasteiger partial charge in [-0.1, -0.05) is 25.1 Å². The van der Waals surface area contributed by atoms with Crippen molar-refractivity contribution >= 4 is 6.03 Å². The largest absolute Gasteiger partial charge is 0.493 e. The van der Waals surface area contributed by atoms with Crippen LogP contribution < -0.4 is 20.1 Å². The molecule has 0 unspecified atom stereocenters. The third-order valence-electron chi connectivity index (χ3n) is 5.83. The number of amides is 2. The molecule has 7 heteroatoms. The maximum absolute atomic E-state index is 14.4. The van der Waals surface area contributed by atoms with Crippen LogP contribution in [0.5, 0.6) is 11.5 Å². The fourth-order valence-corrected chi connectivity index (χ4v) is 4.31. The Kier molecular flexibility index (Phi) is 7.74. The van der Waals surface area contributed by atoms with Crippen molar-refractivity contribution in [2.24, 2.45) is 0 Å². The minimum absolute atomic E-state index is 0.129. The van der Waals surface area contributed by atoms with Crippen LogP contribution in [0.3, 0.4) is 0 Å². The van der Waals surface area contributed by atoms with E-state index >= 15 is 0 Å². The molecule has 2 amide bonds. The molecule has 1 aliphatic heterocycles. The number of nitrogens with one attached hydrogen (secondary N) is 2. The summed E-state index contributed by atoms with van der Waals surface area (Å²) in [5, 5.41) is 5.93. The topological polar surface area (TPSA) is 62.8 Å². The zero-order valence-electron chi connectivity index (χ0n) is 18.7. The van der Waals surface area contributed by atoms with Gasteiger partial charge in [-0.15, -0.1) is 0 Å². The van der Waals surface area contributed by atoms with E-state index in [1.807, 2.05) is 38.1 Å². The molecule has 2 aromatic rings. The molecule has 0 bridgehead atoms. The van der Waals surface area contributed by atoms with Crippen LogP contribution in [0.1, 0.15) is 43.0 Å². The number of hydrogen-bond acceptors (Lipinski definition) is 4. The van der Waals surface area contributed by atoms with Crippen LogP contribution in [0.25, 0.3) is 0 Å². The van der Waals surface area contributed by atoms with E-state index in [4.69, 9.17) is 9.47 Å². The van der Waals surface area contributed by atoms with Crippen molar-refractivity contribution in [3.8, 4) is 11.5 Å². The van der Waals surface area contributed by atoms with Gasteiger partial charge in [0.1, 0.15) is 5.82 Å². The van der Waals surface area contributed by atoms with Crippen LogP contribution in [0, 0.1) is 5.82 Å². The summed E-state index contributed by atoms with van der Waals surface area (Å²) in [6.07, 6.45) is 1.53. The Hall–Kier alpha value is -2.80. The Morgan fingerprint density at radius 3 is 2.55 bits per heavy atom. The fourth-order valence-electron chi connectivity index (χ4n) is 4.31. The zero-order chi connectivity index (χ0) is 22.4. The highest BCUT2D eigenvalue weighted by Crippen LogP contribution is 2.40. The van der Waals surface area contributed by atoms with Crippen LogP contribution in [-0.4, -0.2) is 44.3 Å². The summed E-state index contributed by atoms with van der Waals surface area (Å²) in [4.78, 5) is 14.6. The summed E-state index contributed by atoms with van der Waals surface area (Å²) in [6.45, 7) is 5.69. The molecule has 3 rings (SSSR count). The maximum atomic E-state index is 14.4. The monoisotopic (exact) mass is 429 g/mol. The van der Waals surface area contributed by atoms with Crippen molar-refractivity contribution in [2.75, 3.05) is 27.3 Å². The Balaban J connectivity index is 2.03. The van der Waals surface area contributed by atoms with E-state index in [2.05, 4.69) is 15.5 Å². The number of halogens is 1. The first kappa shape index (κ1) is 22.9. The van der Waals surface area contributed by atoms with Crippen molar-refractivity contribution in [3.63, 3.8) is 0 Å². The molecule has 2 atom stereocenters. The molecular weight excluding hydrogens is 397 g/mol. The lowest BCUT2D eigenvalue weighted by Gasteiger charge is -2.42. The van der Waals surface area contributed by atoms with Gasteiger partial charge < -0.3 is 20.1 Å². The van der Waals surface area contributed by atoms with Crippen molar-refractivity contribution in [3.05, 3.63) is 58.9 Å². The molecule has 0 radical (unpaired) electrons. The molecule has 0 aromatic heterocycles. The van der Waals surface area contributed by atoms with Gasteiger partial charge in [-0.25, -0.2) is 9.18 Å². The molecule has 168 valence electrons. The summed E-state index contributed by atoms with van der Waals surface area (Å²) < 4.78 is 25.5. The van der Waals surface area contributed by atoms with Crippen LogP contribution >= 0.6 is 0 Å². The Bertz CT molecular complexity index is 906. The number of carbonyl (C=O) groups excluding carboxylic acids is 1. The Morgan fingerprint density at radius 1 is 1.19 bits per heavy atom. The number of nitrogens with zero attached hydrogens (tertiary/aromatic N) is 1. The Labute approximate surface area is 183 Å².